The van der Waals surface area contributed by atoms with Gasteiger partial charge in [-0.05, 0) is 6.29 Å². The van der Waals surface area contributed by atoms with Gasteiger partial charge in [-0.15, -0.1) is 5.56 Å². The van der Waals surface area contributed by atoms with Gasteiger partial charge in [-0.3, -0.25) is 0 Å². The molecular formula is C9H7OPd+. The maximum absolute atomic E-state index is 9.77. The van der Waals surface area contributed by atoms with Gasteiger partial charge < -0.3 is 4.79 Å². The van der Waals surface area contributed by atoms with E-state index in [1.807, 2.05) is 30.3 Å². The minimum atomic E-state index is 0. The molecule has 11 heavy (non-hydrogen) atoms. The molecule has 0 aliphatic carbocycles. The zero-order valence-electron chi connectivity index (χ0n) is 5.77. The van der Waals surface area contributed by atoms with E-state index in [4.69, 9.17) is 0 Å². The van der Waals surface area contributed by atoms with Gasteiger partial charge in [0.25, 0.3) is 0 Å². The third-order valence-corrected chi connectivity index (χ3v) is 1.14. The molecule has 0 aliphatic rings. The minimum Gasteiger partial charge on any atom is -0.419 e. The molecule has 0 unspecified atom stereocenters. The Bertz CT molecular complexity index is 229. The molecule has 0 radical (unpaired) electrons. The topological polar surface area (TPSA) is 17.1 Å². The molecule has 0 heterocycles. The first-order valence-corrected chi connectivity index (χ1v) is 3.03. The van der Waals surface area contributed by atoms with Crippen LogP contribution in [0.15, 0.2) is 36.4 Å². The number of allylic oxidation sites excluding steroid dienone is 1. The molecular weight excluding hydrogens is 231 g/mol. The average molecular weight is 238 g/mol. The molecule has 1 rings (SSSR count). The molecule has 0 saturated heterocycles. The normalized spacial score (nSPS) is 9.09. The first-order valence-electron chi connectivity index (χ1n) is 3.03. The monoisotopic (exact) mass is 237 g/mol. The van der Waals surface area contributed by atoms with Crippen molar-refractivity contribution in [3.63, 3.8) is 0 Å². The van der Waals surface area contributed by atoms with E-state index in [0.717, 1.165) is 5.56 Å². The third-order valence-electron chi connectivity index (χ3n) is 1.14. The van der Waals surface area contributed by atoms with Gasteiger partial charge in [-0.1, -0.05) is 30.3 Å². The van der Waals surface area contributed by atoms with Crippen LogP contribution >= 0.6 is 0 Å². The minimum absolute atomic E-state index is 0. The Morgan fingerprint density at radius 2 is 1.82 bits per heavy atom. The van der Waals surface area contributed by atoms with E-state index in [1.54, 1.807) is 12.4 Å². The van der Waals surface area contributed by atoms with Crippen LogP contribution in [0.2, 0.25) is 0 Å². The van der Waals surface area contributed by atoms with Crippen molar-refractivity contribution in [3.05, 3.63) is 42.0 Å². The van der Waals surface area contributed by atoms with E-state index in [0.29, 0.717) is 0 Å². The summed E-state index contributed by atoms with van der Waals surface area (Å²) in [6, 6.07) is 9.62. The molecule has 0 atom stereocenters. The molecule has 0 N–H and O–H groups in total. The van der Waals surface area contributed by atoms with Crippen molar-refractivity contribution in [1.82, 2.24) is 0 Å². The Labute approximate surface area is 79.8 Å². The quantitative estimate of drug-likeness (QED) is 0.436. The number of benzene rings is 1. The van der Waals surface area contributed by atoms with Crippen LogP contribution in [-0.4, -0.2) is 6.29 Å². The van der Waals surface area contributed by atoms with E-state index in [1.165, 1.54) is 6.08 Å². The second kappa shape index (κ2) is 6.03. The van der Waals surface area contributed by atoms with E-state index in [9.17, 15) is 4.79 Å². The molecule has 0 fully saturated rings. The Morgan fingerprint density at radius 1 is 1.18 bits per heavy atom. The largest absolute Gasteiger partial charge is 2.00 e. The Balaban J connectivity index is 0.000001000. The summed E-state index contributed by atoms with van der Waals surface area (Å²) in [6.07, 6.45) is 4.76. The molecule has 1 aromatic carbocycles. The van der Waals surface area contributed by atoms with Crippen LogP contribution in [0.5, 0.6) is 0 Å². The van der Waals surface area contributed by atoms with Crippen molar-refractivity contribution >= 4 is 12.4 Å². The zero-order valence-corrected chi connectivity index (χ0v) is 7.32. The summed E-state index contributed by atoms with van der Waals surface area (Å²) in [4.78, 5) is 9.77. The summed E-state index contributed by atoms with van der Waals surface area (Å²) in [5.74, 6) is 0. The predicted octanol–water partition coefficient (Wildman–Crippen LogP) is 1.81. The molecule has 0 saturated carbocycles. The van der Waals surface area contributed by atoms with E-state index < -0.39 is 0 Å². The summed E-state index contributed by atoms with van der Waals surface area (Å²) >= 11 is 0. The van der Waals surface area contributed by atoms with Crippen molar-refractivity contribution in [2.75, 3.05) is 0 Å². The summed E-state index contributed by atoms with van der Waals surface area (Å²) < 4.78 is 0. The zero-order chi connectivity index (χ0) is 7.23. The van der Waals surface area contributed by atoms with E-state index in [2.05, 4.69) is 0 Å². The molecule has 0 aliphatic heterocycles. The van der Waals surface area contributed by atoms with Crippen molar-refractivity contribution in [1.29, 1.82) is 0 Å². The summed E-state index contributed by atoms with van der Waals surface area (Å²) in [6.45, 7) is 0. The van der Waals surface area contributed by atoms with Gasteiger partial charge in [0.15, 0.2) is 0 Å². The molecule has 1 nitrogen and oxygen atoms in total. The summed E-state index contributed by atoms with van der Waals surface area (Å²) in [7, 11) is 0. The standard InChI is InChI=1S/C9H7O.Pd/c10-8-4-7-9-5-2-1-3-6-9;/h1-7H;/q-1;+2. The van der Waals surface area contributed by atoms with Gasteiger partial charge in [0.2, 0.25) is 0 Å². The fourth-order valence-electron chi connectivity index (χ4n) is 0.694. The molecule has 58 valence electrons. The van der Waals surface area contributed by atoms with Crippen LogP contribution in [0, 0.1) is 0 Å². The smallest absolute Gasteiger partial charge is 0.419 e. The molecule has 1 aromatic rings. The fraction of sp³-hybridized carbons (Fsp3) is 0. The van der Waals surface area contributed by atoms with Gasteiger partial charge in [0.05, 0.1) is 0 Å². The number of rotatable bonds is 2. The molecule has 0 aromatic heterocycles. The third kappa shape index (κ3) is 3.88. The van der Waals surface area contributed by atoms with Crippen LogP contribution in [-0.2, 0) is 25.2 Å². The Morgan fingerprint density at radius 3 is 2.36 bits per heavy atom. The van der Waals surface area contributed by atoms with E-state index in [-0.39, 0.29) is 20.4 Å². The SMILES string of the molecule is O=[C-]C=Cc1ccccc1.[Pd+2]. The first kappa shape index (κ1) is 10.3. The van der Waals surface area contributed by atoms with Gasteiger partial charge in [-0.25, -0.2) is 6.08 Å². The van der Waals surface area contributed by atoms with Gasteiger partial charge in [0.1, 0.15) is 0 Å². The van der Waals surface area contributed by atoms with Crippen molar-refractivity contribution in [3.8, 4) is 0 Å². The second-order valence-corrected chi connectivity index (χ2v) is 1.86. The Hall–Kier alpha value is -0.708. The van der Waals surface area contributed by atoms with Crippen LogP contribution in [0.4, 0.5) is 0 Å². The average Bonchev–Trinajstić information content (AvgIpc) is 2.03. The van der Waals surface area contributed by atoms with Crippen molar-refractivity contribution in [2.24, 2.45) is 0 Å². The maximum Gasteiger partial charge on any atom is 2.00 e. The van der Waals surface area contributed by atoms with Crippen LogP contribution in [0.3, 0.4) is 0 Å². The number of hydrogen-bond acceptors (Lipinski definition) is 1. The summed E-state index contributed by atoms with van der Waals surface area (Å²) in [5.41, 5.74) is 1.02. The Kier molecular flexibility index (Phi) is 5.64. The number of hydrogen-bond donors (Lipinski definition) is 0. The fourth-order valence-corrected chi connectivity index (χ4v) is 0.694. The van der Waals surface area contributed by atoms with Crippen molar-refractivity contribution in [2.45, 2.75) is 0 Å². The van der Waals surface area contributed by atoms with Crippen LogP contribution in [0.25, 0.3) is 6.08 Å². The first-order chi connectivity index (χ1) is 4.93. The van der Waals surface area contributed by atoms with Crippen LogP contribution < -0.4 is 0 Å². The molecule has 0 spiro atoms. The summed E-state index contributed by atoms with van der Waals surface area (Å²) in [5, 5.41) is 0. The van der Waals surface area contributed by atoms with Gasteiger partial charge >= 0.3 is 20.4 Å². The van der Waals surface area contributed by atoms with E-state index >= 15 is 0 Å². The molecule has 0 bridgehead atoms. The second-order valence-electron chi connectivity index (χ2n) is 1.86. The predicted molar refractivity (Wildman–Crippen MR) is 41.2 cm³/mol. The number of carbonyl (C=O) groups excluding carboxylic acids is 1. The maximum atomic E-state index is 9.77. The van der Waals surface area contributed by atoms with Gasteiger partial charge in [0, 0.05) is 0 Å². The van der Waals surface area contributed by atoms with Crippen molar-refractivity contribution < 1.29 is 25.2 Å². The molecule has 2 heteroatoms. The molecule has 0 amide bonds. The van der Waals surface area contributed by atoms with Gasteiger partial charge in [-0.2, -0.15) is 6.08 Å². The van der Waals surface area contributed by atoms with Crippen LogP contribution in [0.1, 0.15) is 5.56 Å².